The molecule has 0 bridgehead atoms. The molecule has 2 nitrogen and oxygen atoms in total. The number of hydrogen-bond acceptors (Lipinski definition) is 0. The van der Waals surface area contributed by atoms with E-state index in [1.54, 1.807) is 0 Å². The first-order valence-electron chi connectivity index (χ1n) is 8.19. The van der Waals surface area contributed by atoms with Crippen LogP contribution in [0, 0.1) is 0 Å². The van der Waals surface area contributed by atoms with Gasteiger partial charge in [0.25, 0.3) is 0 Å². The van der Waals surface area contributed by atoms with Gasteiger partial charge in [0.15, 0.2) is 0 Å². The van der Waals surface area contributed by atoms with Crippen LogP contribution in [-0.2, 0) is 19.5 Å². The minimum Gasteiger partial charge on any atom is -1.00 e. The largest absolute Gasteiger partial charge is 1.00 e. The maximum Gasteiger partial charge on any atom is 0.0757 e. The van der Waals surface area contributed by atoms with E-state index >= 15 is 0 Å². The van der Waals surface area contributed by atoms with Gasteiger partial charge in [-0.05, 0) is 55.4 Å². The Bertz CT molecular complexity index is 130. The summed E-state index contributed by atoms with van der Waals surface area (Å²) in [6.45, 7) is 28.4. The summed E-state index contributed by atoms with van der Waals surface area (Å²) < 4.78 is 2.56. The van der Waals surface area contributed by atoms with E-state index in [0.717, 1.165) is 0 Å². The summed E-state index contributed by atoms with van der Waals surface area (Å²) in [7, 11) is 0. The van der Waals surface area contributed by atoms with E-state index in [9.17, 15) is 0 Å². The fraction of sp³-hybridized carbons (Fsp3) is 1.00. The van der Waals surface area contributed by atoms with Crippen LogP contribution >= 0.6 is 0 Å². The zero-order valence-corrected chi connectivity index (χ0v) is 20.5. The smallest absolute Gasteiger partial charge is 0.0757 e. The molecule has 5 heteroatoms. The molecule has 0 saturated carbocycles. The van der Waals surface area contributed by atoms with Gasteiger partial charge in [-0.1, -0.05) is 0 Å². The molecule has 0 saturated heterocycles. The van der Waals surface area contributed by atoms with Crippen LogP contribution in [0.3, 0.4) is 0 Å². The molecule has 0 aliphatic heterocycles. The number of quaternary nitrogens is 2. The molecule has 130 valence electrons. The fourth-order valence-electron chi connectivity index (χ4n) is 2.68. The van der Waals surface area contributed by atoms with Gasteiger partial charge in [-0.3, -0.25) is 0 Å². The Labute approximate surface area is 160 Å². The zero-order valence-electron chi connectivity index (χ0n) is 16.0. The molecule has 0 aliphatic carbocycles. The molecule has 0 aromatic rings. The molecule has 0 radical (unpaired) electrons. The molecule has 0 spiro atoms. The monoisotopic (exact) mass is 394 g/mol. The summed E-state index contributed by atoms with van der Waals surface area (Å²) in [5.74, 6) is 0. The first-order chi connectivity index (χ1) is 8.49. The van der Waals surface area contributed by atoms with Gasteiger partial charge in [-0.2, -0.15) is 0 Å². The van der Waals surface area contributed by atoms with Gasteiger partial charge in [0, 0.05) is 19.5 Å². The molecule has 0 heterocycles. The van der Waals surface area contributed by atoms with Gasteiger partial charge in [-0.25, -0.2) is 0 Å². The van der Waals surface area contributed by atoms with Gasteiger partial charge >= 0.3 is 0 Å². The maximum absolute atomic E-state index is 2.27. The Morgan fingerprint density at radius 3 is 0.476 bits per heavy atom. The van der Waals surface area contributed by atoms with E-state index in [1.807, 2.05) is 0 Å². The van der Waals surface area contributed by atoms with E-state index in [4.69, 9.17) is 0 Å². The minimum absolute atomic E-state index is 0. The average molecular weight is 397 g/mol. The second-order valence-corrected chi connectivity index (χ2v) is 5.21. The van der Waals surface area contributed by atoms with Gasteiger partial charge in [0.2, 0.25) is 0 Å². The van der Waals surface area contributed by atoms with Crippen LogP contribution in [-0.4, -0.2) is 61.3 Å². The van der Waals surface area contributed by atoms with Crippen LogP contribution in [0.25, 0.3) is 0 Å². The van der Waals surface area contributed by atoms with Gasteiger partial charge in [0.05, 0.1) is 52.4 Å². The summed E-state index contributed by atoms with van der Waals surface area (Å²) in [5.41, 5.74) is 0. The number of nitrogens with zero attached hydrogens (tertiary/aromatic N) is 2. The Kier molecular flexibility index (Phi) is 30.7. The summed E-state index contributed by atoms with van der Waals surface area (Å²) in [6, 6.07) is 0. The normalized spacial score (nSPS) is 10.3. The molecular weight excluding hydrogens is 356 g/mol. The van der Waals surface area contributed by atoms with Crippen LogP contribution < -0.4 is 24.8 Å². The van der Waals surface area contributed by atoms with Crippen molar-refractivity contribution in [3.63, 3.8) is 0 Å². The predicted molar refractivity (Wildman–Crippen MR) is 84.8 cm³/mol. The van der Waals surface area contributed by atoms with Crippen molar-refractivity contribution < 1.29 is 53.3 Å². The SMILES string of the molecule is CC[N+](CC)(CC)CC.CC[N+](CC)(CC)CC.[Cl-].[Cl-].[Zn]. The predicted octanol–water partition coefficient (Wildman–Crippen LogP) is -2.23. The van der Waals surface area contributed by atoms with Crippen molar-refractivity contribution in [2.45, 2.75) is 55.4 Å². The van der Waals surface area contributed by atoms with Gasteiger partial charge < -0.3 is 33.8 Å². The molecule has 0 N–H and O–H groups in total. The van der Waals surface area contributed by atoms with Crippen molar-refractivity contribution in [3.8, 4) is 0 Å². The first-order valence-corrected chi connectivity index (χ1v) is 8.19. The third-order valence-electron chi connectivity index (χ3n) is 5.37. The number of halogens is 2. The van der Waals surface area contributed by atoms with Crippen LogP contribution in [0.15, 0.2) is 0 Å². The molecule has 0 unspecified atom stereocenters. The second-order valence-electron chi connectivity index (χ2n) is 5.21. The van der Waals surface area contributed by atoms with Crippen molar-refractivity contribution in [1.29, 1.82) is 0 Å². The molecule has 0 atom stereocenters. The summed E-state index contributed by atoms with van der Waals surface area (Å²) in [5, 5.41) is 0. The summed E-state index contributed by atoms with van der Waals surface area (Å²) in [4.78, 5) is 0. The van der Waals surface area contributed by atoms with Crippen LogP contribution in [0.2, 0.25) is 0 Å². The molecular formula is C16H40Cl2N2Zn. The quantitative estimate of drug-likeness (QED) is 0.322. The number of rotatable bonds is 8. The average Bonchev–Trinajstić information content (AvgIpc) is 2.46. The molecule has 0 aromatic carbocycles. The topological polar surface area (TPSA) is 0 Å². The van der Waals surface area contributed by atoms with Crippen LogP contribution in [0.5, 0.6) is 0 Å². The first kappa shape index (κ1) is 33.7. The van der Waals surface area contributed by atoms with Crippen molar-refractivity contribution in [2.75, 3.05) is 52.4 Å². The van der Waals surface area contributed by atoms with Crippen molar-refractivity contribution in [3.05, 3.63) is 0 Å². The Hall–Kier alpha value is 1.12. The molecule has 0 fully saturated rings. The standard InChI is InChI=1S/2C8H20N.2ClH.Zn/c2*1-5-9(6-2,7-3)8-4;;;/h2*5-8H2,1-4H3;2*1H;/q2*+1;;;/p-2. The van der Waals surface area contributed by atoms with Crippen LogP contribution in [0.1, 0.15) is 55.4 Å². The van der Waals surface area contributed by atoms with Crippen molar-refractivity contribution in [2.24, 2.45) is 0 Å². The Morgan fingerprint density at radius 2 is 0.476 bits per heavy atom. The van der Waals surface area contributed by atoms with E-state index < -0.39 is 0 Å². The second kappa shape index (κ2) is 19.2. The van der Waals surface area contributed by atoms with Crippen molar-refractivity contribution >= 4 is 0 Å². The summed E-state index contributed by atoms with van der Waals surface area (Å²) >= 11 is 0. The maximum atomic E-state index is 2.27. The fourth-order valence-corrected chi connectivity index (χ4v) is 2.68. The third kappa shape index (κ3) is 12.2. The van der Waals surface area contributed by atoms with E-state index in [-0.39, 0.29) is 44.3 Å². The Morgan fingerprint density at radius 1 is 0.381 bits per heavy atom. The molecule has 0 amide bonds. The van der Waals surface area contributed by atoms with E-state index in [1.165, 1.54) is 61.3 Å². The number of hydrogen-bond donors (Lipinski definition) is 0. The van der Waals surface area contributed by atoms with E-state index in [2.05, 4.69) is 55.4 Å². The van der Waals surface area contributed by atoms with Crippen molar-refractivity contribution in [1.82, 2.24) is 0 Å². The van der Waals surface area contributed by atoms with E-state index in [0.29, 0.717) is 0 Å². The molecule has 0 aromatic heterocycles. The zero-order chi connectivity index (χ0) is 14.7. The Balaban J connectivity index is -0.0000000711. The molecule has 0 aliphatic rings. The minimum atomic E-state index is 0. The van der Waals surface area contributed by atoms with Crippen LogP contribution in [0.4, 0.5) is 0 Å². The summed E-state index contributed by atoms with van der Waals surface area (Å²) in [6.07, 6.45) is 0. The molecule has 0 rings (SSSR count). The molecule has 21 heavy (non-hydrogen) atoms. The third-order valence-corrected chi connectivity index (χ3v) is 5.37. The van der Waals surface area contributed by atoms with Gasteiger partial charge in [0.1, 0.15) is 0 Å². The van der Waals surface area contributed by atoms with Gasteiger partial charge in [-0.15, -0.1) is 0 Å².